The fourth-order valence-corrected chi connectivity index (χ4v) is 3.47. The van der Waals surface area contributed by atoms with Crippen LogP contribution >= 0.6 is 0 Å². The van der Waals surface area contributed by atoms with E-state index in [4.69, 9.17) is 0 Å². The maximum atomic E-state index is 9.66. The highest BCUT2D eigenvalue weighted by Gasteiger charge is 2.46. The number of piperidine rings is 1. The van der Waals surface area contributed by atoms with Crippen LogP contribution in [-0.2, 0) is 0 Å². The van der Waals surface area contributed by atoms with Crippen molar-refractivity contribution in [2.45, 2.75) is 63.2 Å². The highest BCUT2D eigenvalue weighted by molar-refractivity contribution is 5.05. The van der Waals surface area contributed by atoms with Crippen LogP contribution in [0.2, 0.25) is 0 Å². The van der Waals surface area contributed by atoms with Gasteiger partial charge < -0.3 is 15.3 Å². The largest absolute Gasteiger partial charge is 0.394 e. The number of nitrogens with one attached hydrogen (secondary N) is 1. The predicted octanol–water partition coefficient (Wildman–Crippen LogP) is 0.972. The summed E-state index contributed by atoms with van der Waals surface area (Å²) in [6, 6.07) is 1.82. The number of fused-ring (bicyclic) bond motifs is 2. The van der Waals surface area contributed by atoms with Crippen LogP contribution in [0, 0.1) is 0 Å². The topological polar surface area (TPSA) is 35.5 Å². The van der Waals surface area contributed by atoms with Crippen molar-refractivity contribution in [2.75, 3.05) is 13.7 Å². The van der Waals surface area contributed by atoms with Gasteiger partial charge in [0.2, 0.25) is 0 Å². The maximum Gasteiger partial charge on any atom is 0.0614 e. The minimum Gasteiger partial charge on any atom is -0.394 e. The summed E-state index contributed by atoms with van der Waals surface area (Å²) < 4.78 is 0. The minimum absolute atomic E-state index is 0.00743. The average molecular weight is 212 g/mol. The van der Waals surface area contributed by atoms with Crippen LogP contribution in [0.1, 0.15) is 39.5 Å². The molecular formula is C12H24N2O. The fourth-order valence-electron chi connectivity index (χ4n) is 3.47. The molecule has 0 radical (unpaired) electrons. The molecule has 2 unspecified atom stereocenters. The smallest absolute Gasteiger partial charge is 0.0614 e. The zero-order valence-electron chi connectivity index (χ0n) is 10.2. The van der Waals surface area contributed by atoms with Crippen molar-refractivity contribution in [1.29, 1.82) is 0 Å². The lowest BCUT2D eigenvalue weighted by Crippen LogP contribution is -2.60. The molecule has 0 aromatic carbocycles. The van der Waals surface area contributed by atoms with Crippen LogP contribution in [0.3, 0.4) is 0 Å². The minimum atomic E-state index is -0.00743. The number of hydrogen-bond donors (Lipinski definition) is 2. The molecule has 3 nitrogen and oxygen atoms in total. The molecule has 2 bridgehead atoms. The van der Waals surface area contributed by atoms with Gasteiger partial charge in [-0.3, -0.25) is 0 Å². The first-order chi connectivity index (χ1) is 7.06. The predicted molar refractivity (Wildman–Crippen MR) is 61.9 cm³/mol. The third-order valence-corrected chi connectivity index (χ3v) is 4.14. The van der Waals surface area contributed by atoms with Gasteiger partial charge >= 0.3 is 0 Å². The number of aliphatic hydroxyl groups is 1. The molecule has 0 amide bonds. The first-order valence-corrected chi connectivity index (χ1v) is 6.17. The molecule has 2 fully saturated rings. The molecule has 15 heavy (non-hydrogen) atoms. The van der Waals surface area contributed by atoms with Crippen LogP contribution in [0.5, 0.6) is 0 Å². The van der Waals surface area contributed by atoms with Crippen LogP contribution in [-0.4, -0.2) is 47.3 Å². The number of aliphatic hydroxyl groups excluding tert-OH is 1. The van der Waals surface area contributed by atoms with Gasteiger partial charge in [0.1, 0.15) is 0 Å². The molecule has 2 atom stereocenters. The van der Waals surface area contributed by atoms with Gasteiger partial charge in [-0.1, -0.05) is 13.8 Å². The Hall–Kier alpha value is -0.120. The Balaban J connectivity index is 2.09. The molecule has 2 saturated heterocycles. The molecule has 0 aliphatic carbocycles. The van der Waals surface area contributed by atoms with Crippen LogP contribution < -0.4 is 5.32 Å². The van der Waals surface area contributed by atoms with E-state index in [1.165, 1.54) is 12.8 Å². The molecule has 0 saturated carbocycles. The summed E-state index contributed by atoms with van der Waals surface area (Å²) in [5.74, 6) is 0. The Morgan fingerprint density at radius 1 is 1.33 bits per heavy atom. The molecule has 3 heteroatoms. The van der Waals surface area contributed by atoms with E-state index in [1.54, 1.807) is 0 Å². The van der Waals surface area contributed by atoms with Crippen molar-refractivity contribution in [3.8, 4) is 0 Å². The summed E-state index contributed by atoms with van der Waals surface area (Å²) in [4.78, 5) is 2.51. The van der Waals surface area contributed by atoms with E-state index < -0.39 is 0 Å². The maximum absolute atomic E-state index is 9.66. The lowest BCUT2D eigenvalue weighted by atomic mass is 9.83. The van der Waals surface area contributed by atoms with Gasteiger partial charge in [-0.05, 0) is 32.7 Å². The van der Waals surface area contributed by atoms with Crippen molar-refractivity contribution >= 4 is 0 Å². The van der Waals surface area contributed by atoms with Crippen LogP contribution in [0.4, 0.5) is 0 Å². The molecular weight excluding hydrogens is 188 g/mol. The first-order valence-electron chi connectivity index (χ1n) is 6.17. The second kappa shape index (κ2) is 4.04. The molecule has 2 aliphatic heterocycles. The monoisotopic (exact) mass is 212 g/mol. The van der Waals surface area contributed by atoms with E-state index >= 15 is 0 Å². The zero-order chi connectivity index (χ0) is 11.1. The van der Waals surface area contributed by atoms with Crippen molar-refractivity contribution in [1.82, 2.24) is 10.2 Å². The fraction of sp³-hybridized carbons (Fsp3) is 1.00. The van der Waals surface area contributed by atoms with Crippen LogP contribution in [0.15, 0.2) is 0 Å². The van der Waals surface area contributed by atoms with E-state index in [0.29, 0.717) is 18.1 Å². The summed E-state index contributed by atoms with van der Waals surface area (Å²) in [5, 5.41) is 13.2. The van der Waals surface area contributed by atoms with Crippen molar-refractivity contribution in [2.24, 2.45) is 0 Å². The molecule has 0 spiro atoms. The SMILES string of the molecule is CC(C)NC1(CO)CC2CCC(C1)N2C. The van der Waals surface area contributed by atoms with E-state index in [-0.39, 0.29) is 12.1 Å². The number of rotatable bonds is 3. The highest BCUT2D eigenvalue weighted by Crippen LogP contribution is 2.39. The van der Waals surface area contributed by atoms with Gasteiger partial charge in [0, 0.05) is 23.7 Å². The van der Waals surface area contributed by atoms with Crippen LogP contribution in [0.25, 0.3) is 0 Å². The summed E-state index contributed by atoms with van der Waals surface area (Å²) in [6.45, 7) is 4.61. The van der Waals surface area contributed by atoms with E-state index in [1.807, 2.05) is 0 Å². The lowest BCUT2D eigenvalue weighted by Gasteiger charge is -2.46. The normalized spacial score (nSPS) is 41.4. The quantitative estimate of drug-likeness (QED) is 0.732. The molecule has 2 aliphatic rings. The third kappa shape index (κ3) is 2.05. The van der Waals surface area contributed by atoms with Gasteiger partial charge in [0.05, 0.1) is 6.61 Å². The van der Waals surface area contributed by atoms with Gasteiger partial charge in [-0.25, -0.2) is 0 Å². The lowest BCUT2D eigenvalue weighted by molar-refractivity contribution is 0.0425. The van der Waals surface area contributed by atoms with Gasteiger partial charge in [0.15, 0.2) is 0 Å². The Morgan fingerprint density at radius 2 is 1.87 bits per heavy atom. The second-order valence-corrected chi connectivity index (χ2v) is 5.70. The van der Waals surface area contributed by atoms with Gasteiger partial charge in [-0.15, -0.1) is 0 Å². The zero-order valence-corrected chi connectivity index (χ0v) is 10.2. The molecule has 2 rings (SSSR count). The Labute approximate surface area is 92.8 Å². The summed E-state index contributed by atoms with van der Waals surface area (Å²) >= 11 is 0. The molecule has 88 valence electrons. The summed E-state index contributed by atoms with van der Waals surface area (Å²) in [5.41, 5.74) is -0.00743. The summed E-state index contributed by atoms with van der Waals surface area (Å²) in [7, 11) is 2.24. The van der Waals surface area contributed by atoms with Gasteiger partial charge in [-0.2, -0.15) is 0 Å². The molecule has 0 aromatic heterocycles. The highest BCUT2D eigenvalue weighted by atomic mass is 16.3. The number of hydrogen-bond acceptors (Lipinski definition) is 3. The second-order valence-electron chi connectivity index (χ2n) is 5.70. The molecule has 2 N–H and O–H groups in total. The van der Waals surface area contributed by atoms with Crippen molar-refractivity contribution in [3.05, 3.63) is 0 Å². The molecule has 2 heterocycles. The van der Waals surface area contributed by atoms with E-state index in [2.05, 4.69) is 31.1 Å². The van der Waals surface area contributed by atoms with E-state index in [9.17, 15) is 5.11 Å². The van der Waals surface area contributed by atoms with Crippen molar-refractivity contribution < 1.29 is 5.11 Å². The average Bonchev–Trinajstić information content (AvgIpc) is 2.41. The Morgan fingerprint density at radius 3 is 2.27 bits per heavy atom. The van der Waals surface area contributed by atoms with Gasteiger partial charge in [0.25, 0.3) is 0 Å². The standard InChI is InChI=1S/C12H24N2O/c1-9(2)13-12(8-15)6-10-4-5-11(7-12)14(10)3/h9-11,13,15H,4-8H2,1-3H3. The van der Waals surface area contributed by atoms with E-state index in [0.717, 1.165) is 12.8 Å². The Bertz CT molecular complexity index is 216. The molecule has 0 aromatic rings. The number of nitrogens with zero attached hydrogens (tertiary/aromatic N) is 1. The first kappa shape index (κ1) is 11.4. The third-order valence-electron chi connectivity index (χ3n) is 4.14. The van der Waals surface area contributed by atoms with Crippen molar-refractivity contribution in [3.63, 3.8) is 0 Å². The summed E-state index contributed by atoms with van der Waals surface area (Å²) in [6.07, 6.45) is 4.83. The Kier molecular flexibility index (Phi) is 3.06.